The molecule has 1 aliphatic heterocycles. The quantitative estimate of drug-likeness (QED) is 0.200. The van der Waals surface area contributed by atoms with E-state index in [1.807, 2.05) is 60.7 Å². The van der Waals surface area contributed by atoms with Crippen molar-refractivity contribution in [1.82, 2.24) is 15.0 Å². The van der Waals surface area contributed by atoms with Crippen molar-refractivity contribution in [3.05, 3.63) is 156 Å². The van der Waals surface area contributed by atoms with E-state index < -0.39 is 0 Å². The summed E-state index contributed by atoms with van der Waals surface area (Å²) in [6, 6.07) is 44.1. The van der Waals surface area contributed by atoms with E-state index in [4.69, 9.17) is 19.7 Å². The molecule has 9 rings (SSSR count). The summed E-state index contributed by atoms with van der Waals surface area (Å²) < 4.78 is 6.56. The Morgan fingerprint density at radius 1 is 0.574 bits per heavy atom. The summed E-state index contributed by atoms with van der Waals surface area (Å²) in [5.74, 6) is 3.21. The summed E-state index contributed by atoms with van der Waals surface area (Å²) in [5.41, 5.74) is 13.1. The maximum Gasteiger partial charge on any atom is 0.164 e. The molecule has 2 atom stereocenters. The molecule has 226 valence electrons. The van der Waals surface area contributed by atoms with Gasteiger partial charge in [0.15, 0.2) is 17.5 Å². The first kappa shape index (κ1) is 27.7. The molecular formula is C43H33N3O. The second-order valence-electron chi connectivity index (χ2n) is 13.2. The number of benzene rings is 5. The predicted octanol–water partition coefficient (Wildman–Crippen LogP) is 10.1. The number of nitrogens with zero attached hydrogens (tertiary/aromatic N) is 3. The van der Waals surface area contributed by atoms with Gasteiger partial charge in [-0.1, -0.05) is 136 Å². The minimum Gasteiger partial charge on any atom is -0.484 e. The largest absolute Gasteiger partial charge is 0.484 e. The molecule has 0 saturated heterocycles. The van der Waals surface area contributed by atoms with Crippen LogP contribution >= 0.6 is 0 Å². The average molecular weight is 608 g/mol. The van der Waals surface area contributed by atoms with E-state index in [1.165, 1.54) is 39.0 Å². The van der Waals surface area contributed by atoms with Gasteiger partial charge in [-0.2, -0.15) is 0 Å². The summed E-state index contributed by atoms with van der Waals surface area (Å²) in [7, 11) is 0. The third-order valence-electron chi connectivity index (χ3n) is 10.1. The lowest BCUT2D eigenvalue weighted by Crippen LogP contribution is -2.32. The number of hydrogen-bond donors (Lipinski definition) is 0. The monoisotopic (exact) mass is 607 g/mol. The summed E-state index contributed by atoms with van der Waals surface area (Å²) in [4.78, 5) is 14.9. The van der Waals surface area contributed by atoms with Crippen molar-refractivity contribution < 1.29 is 4.74 Å². The minimum absolute atomic E-state index is 0.0352. The van der Waals surface area contributed by atoms with Crippen LogP contribution in [0.15, 0.2) is 139 Å². The molecule has 0 fully saturated rings. The summed E-state index contributed by atoms with van der Waals surface area (Å²) in [5, 5.41) is 0. The van der Waals surface area contributed by atoms with E-state index in [0.29, 0.717) is 17.5 Å². The Balaban J connectivity index is 1.20. The van der Waals surface area contributed by atoms with Crippen LogP contribution in [0.2, 0.25) is 0 Å². The topological polar surface area (TPSA) is 47.9 Å². The highest BCUT2D eigenvalue weighted by Gasteiger charge is 2.48. The van der Waals surface area contributed by atoms with Crippen LogP contribution in [-0.4, -0.2) is 21.1 Å². The van der Waals surface area contributed by atoms with E-state index in [-0.39, 0.29) is 17.4 Å². The van der Waals surface area contributed by atoms with Gasteiger partial charge in [0.1, 0.15) is 11.9 Å². The van der Waals surface area contributed by atoms with Crippen LogP contribution < -0.4 is 4.74 Å². The average Bonchev–Trinajstić information content (AvgIpc) is 3.61. The van der Waals surface area contributed by atoms with E-state index in [0.717, 1.165) is 28.0 Å². The smallest absolute Gasteiger partial charge is 0.164 e. The molecule has 4 nitrogen and oxygen atoms in total. The Bertz CT molecular complexity index is 2210. The number of para-hydroxylation sites is 1. The highest BCUT2D eigenvalue weighted by atomic mass is 16.5. The van der Waals surface area contributed by atoms with Crippen molar-refractivity contribution in [3.8, 4) is 51.0 Å². The molecular weight excluding hydrogens is 574 g/mol. The van der Waals surface area contributed by atoms with Gasteiger partial charge in [0.2, 0.25) is 0 Å². The van der Waals surface area contributed by atoms with Crippen molar-refractivity contribution in [3.63, 3.8) is 0 Å². The van der Waals surface area contributed by atoms with Gasteiger partial charge < -0.3 is 4.74 Å². The van der Waals surface area contributed by atoms with Crippen molar-refractivity contribution in [2.24, 2.45) is 5.92 Å². The first-order valence-electron chi connectivity index (χ1n) is 16.3. The number of allylic oxidation sites excluding steroid dienone is 2. The zero-order chi connectivity index (χ0) is 31.7. The molecule has 2 aliphatic carbocycles. The maximum atomic E-state index is 6.56. The lowest BCUT2D eigenvalue weighted by molar-refractivity contribution is 0.221. The van der Waals surface area contributed by atoms with Crippen LogP contribution in [0, 0.1) is 5.92 Å². The van der Waals surface area contributed by atoms with E-state index in [2.05, 4.69) is 93.6 Å². The third kappa shape index (κ3) is 4.32. The molecule has 2 unspecified atom stereocenters. The number of hydrogen-bond acceptors (Lipinski definition) is 4. The fourth-order valence-electron chi connectivity index (χ4n) is 7.95. The Morgan fingerprint density at radius 3 is 1.83 bits per heavy atom. The number of aromatic nitrogens is 3. The lowest BCUT2D eigenvalue weighted by atomic mass is 9.71. The van der Waals surface area contributed by atoms with Crippen LogP contribution in [0.25, 0.3) is 56.4 Å². The number of rotatable bonds is 4. The molecule has 0 radical (unpaired) electrons. The Labute approximate surface area is 275 Å². The first-order valence-corrected chi connectivity index (χ1v) is 16.3. The molecule has 0 amide bonds. The van der Waals surface area contributed by atoms with Gasteiger partial charge in [-0.3, -0.25) is 0 Å². The zero-order valence-corrected chi connectivity index (χ0v) is 26.6. The van der Waals surface area contributed by atoms with Crippen LogP contribution in [0.1, 0.15) is 37.5 Å². The standard InChI is InChI=1S/C43H33N3O/c1-26-38-34(25-33-32-20-10-11-23-36(32)47-39(26)33)37-31(21-13-22-35(37)43(38,2)3)29-18-12-19-30(24-29)42-45-40(27-14-6-4-7-15-27)44-41(46-42)28-16-8-5-9-17-28/h4-26,39H,1-3H3. The lowest BCUT2D eigenvalue weighted by Gasteiger charge is -2.34. The van der Waals surface area contributed by atoms with Crippen molar-refractivity contribution >= 4 is 11.1 Å². The third-order valence-corrected chi connectivity index (χ3v) is 10.1. The summed E-state index contributed by atoms with van der Waals surface area (Å²) in [6.07, 6.45) is 2.45. The van der Waals surface area contributed by atoms with Gasteiger partial charge in [0.25, 0.3) is 0 Å². The first-order chi connectivity index (χ1) is 23.0. The molecule has 2 heterocycles. The molecule has 5 aromatic carbocycles. The van der Waals surface area contributed by atoms with E-state index >= 15 is 0 Å². The molecule has 1 aromatic heterocycles. The summed E-state index contributed by atoms with van der Waals surface area (Å²) in [6.45, 7) is 7.07. The maximum absolute atomic E-state index is 6.56. The Hall–Kier alpha value is -5.61. The Kier molecular flexibility index (Phi) is 6.16. The van der Waals surface area contributed by atoms with Crippen LogP contribution in [0.3, 0.4) is 0 Å². The highest BCUT2D eigenvalue weighted by Crippen LogP contribution is 2.58. The van der Waals surface area contributed by atoms with Gasteiger partial charge in [0, 0.05) is 39.2 Å². The van der Waals surface area contributed by atoms with Crippen LogP contribution in [-0.2, 0) is 5.41 Å². The van der Waals surface area contributed by atoms with Gasteiger partial charge in [-0.05, 0) is 51.6 Å². The number of fused-ring (bicyclic) bond motifs is 5. The fraction of sp³-hybridized carbons (Fsp3) is 0.140. The fourth-order valence-corrected chi connectivity index (χ4v) is 7.95. The van der Waals surface area contributed by atoms with Crippen molar-refractivity contribution in [2.75, 3.05) is 0 Å². The van der Waals surface area contributed by atoms with Gasteiger partial charge in [-0.25, -0.2) is 15.0 Å². The molecule has 0 saturated carbocycles. The highest BCUT2D eigenvalue weighted by molar-refractivity contribution is 6.01. The molecule has 0 bridgehead atoms. The zero-order valence-electron chi connectivity index (χ0n) is 26.6. The second kappa shape index (κ2) is 10.5. The minimum atomic E-state index is -0.124. The van der Waals surface area contributed by atoms with Gasteiger partial charge in [0.05, 0.1) is 0 Å². The SMILES string of the molecule is CC1C2=C(C=C3c4ccccc4OC31)c1c(-c3cccc(-c4nc(-c5ccccc5)nc(-c5ccccc5)n4)c3)cccc1C2(C)C. The summed E-state index contributed by atoms with van der Waals surface area (Å²) >= 11 is 0. The second-order valence-corrected chi connectivity index (χ2v) is 13.2. The molecule has 0 N–H and O–H groups in total. The normalized spacial score (nSPS) is 18.5. The van der Waals surface area contributed by atoms with Crippen molar-refractivity contribution in [1.29, 1.82) is 0 Å². The van der Waals surface area contributed by atoms with Crippen LogP contribution in [0.4, 0.5) is 0 Å². The Morgan fingerprint density at radius 2 is 1.13 bits per heavy atom. The number of ether oxygens (including phenoxy) is 1. The van der Waals surface area contributed by atoms with Gasteiger partial charge >= 0.3 is 0 Å². The van der Waals surface area contributed by atoms with E-state index in [1.54, 1.807) is 0 Å². The molecule has 47 heavy (non-hydrogen) atoms. The van der Waals surface area contributed by atoms with Gasteiger partial charge in [-0.15, -0.1) is 0 Å². The molecule has 4 heteroatoms. The molecule has 6 aromatic rings. The van der Waals surface area contributed by atoms with Crippen molar-refractivity contribution in [2.45, 2.75) is 32.3 Å². The van der Waals surface area contributed by atoms with Crippen LogP contribution in [0.5, 0.6) is 5.75 Å². The van der Waals surface area contributed by atoms with E-state index in [9.17, 15) is 0 Å². The molecule has 0 spiro atoms. The predicted molar refractivity (Wildman–Crippen MR) is 190 cm³/mol. The molecule has 3 aliphatic rings.